The normalized spacial score (nSPS) is 11.5. The molecule has 1 heterocycles. The lowest BCUT2D eigenvalue weighted by atomic mass is 10.6. The highest BCUT2D eigenvalue weighted by Gasteiger charge is 2.08. The lowest BCUT2D eigenvalue weighted by Crippen LogP contribution is -2.40. The molecule has 1 aromatic heterocycles. The van der Waals surface area contributed by atoms with E-state index in [1.54, 1.807) is 0 Å². The van der Waals surface area contributed by atoms with Crippen molar-refractivity contribution in [1.82, 2.24) is 19.1 Å². The van der Waals surface area contributed by atoms with Crippen LogP contribution in [0.3, 0.4) is 0 Å². The van der Waals surface area contributed by atoms with Gasteiger partial charge in [0.15, 0.2) is 0 Å². The molecular formula is C8H15N5O4S. The molecule has 2 N–H and O–H groups in total. The number of sulfonamides is 1. The Morgan fingerprint density at radius 1 is 1.22 bits per heavy atom. The molecule has 0 saturated carbocycles. The fraction of sp³-hybridized carbons (Fsp3) is 0.625. The maximum atomic E-state index is 11.6. The average molecular weight is 277 g/mol. The Bertz CT molecular complexity index is 644. The summed E-state index contributed by atoms with van der Waals surface area (Å²) < 4.78 is 25.8. The summed E-state index contributed by atoms with van der Waals surface area (Å²) in [4.78, 5) is 23.0. The smallest absolute Gasteiger partial charge is 0.346 e. The first kappa shape index (κ1) is 14.4. The molecule has 102 valence electrons. The van der Waals surface area contributed by atoms with Crippen molar-refractivity contribution in [3.8, 4) is 0 Å². The molecule has 9 nitrogen and oxygen atoms in total. The van der Waals surface area contributed by atoms with E-state index in [0.29, 0.717) is 0 Å². The van der Waals surface area contributed by atoms with Gasteiger partial charge in [-0.05, 0) is 0 Å². The highest BCUT2D eigenvalue weighted by atomic mass is 32.2. The van der Waals surface area contributed by atoms with E-state index in [9.17, 15) is 18.0 Å². The van der Waals surface area contributed by atoms with Crippen LogP contribution in [0.1, 0.15) is 0 Å². The Hall–Kier alpha value is -1.68. The van der Waals surface area contributed by atoms with Crippen LogP contribution < -0.4 is 21.3 Å². The Morgan fingerprint density at radius 3 is 2.39 bits per heavy atom. The van der Waals surface area contributed by atoms with E-state index >= 15 is 0 Å². The first-order valence-corrected chi connectivity index (χ1v) is 6.94. The predicted octanol–water partition coefficient (Wildman–Crippen LogP) is -2.56. The van der Waals surface area contributed by atoms with Crippen molar-refractivity contribution in [2.45, 2.75) is 0 Å². The van der Waals surface area contributed by atoms with Crippen molar-refractivity contribution in [2.75, 3.05) is 24.7 Å². The van der Waals surface area contributed by atoms with Crippen LogP contribution in [0.15, 0.2) is 9.59 Å². The molecule has 0 aliphatic heterocycles. The van der Waals surface area contributed by atoms with E-state index in [0.717, 1.165) is 15.5 Å². The van der Waals surface area contributed by atoms with Crippen LogP contribution in [0, 0.1) is 0 Å². The zero-order valence-electron chi connectivity index (χ0n) is 10.3. The van der Waals surface area contributed by atoms with Gasteiger partial charge in [-0.3, -0.25) is 9.36 Å². The molecule has 10 heteroatoms. The van der Waals surface area contributed by atoms with Crippen LogP contribution in [0.5, 0.6) is 0 Å². The highest BCUT2D eigenvalue weighted by molar-refractivity contribution is 7.88. The van der Waals surface area contributed by atoms with Gasteiger partial charge in [-0.2, -0.15) is 0 Å². The summed E-state index contributed by atoms with van der Waals surface area (Å²) in [7, 11) is -0.503. The Kier molecular flexibility index (Phi) is 4.24. The summed E-state index contributed by atoms with van der Waals surface area (Å²) in [5.74, 6) is -0.00472. The quantitative estimate of drug-likeness (QED) is 0.572. The van der Waals surface area contributed by atoms with E-state index in [2.05, 4.69) is 15.1 Å². The van der Waals surface area contributed by atoms with E-state index in [1.165, 1.54) is 14.1 Å². The second-order valence-corrected chi connectivity index (χ2v) is 5.55. The van der Waals surface area contributed by atoms with Crippen LogP contribution in [0.4, 0.5) is 5.82 Å². The molecular weight excluding hydrogens is 262 g/mol. The fourth-order valence-electron chi connectivity index (χ4n) is 1.23. The van der Waals surface area contributed by atoms with Gasteiger partial charge in [0.05, 0.1) is 6.26 Å². The fourth-order valence-corrected chi connectivity index (χ4v) is 1.70. The van der Waals surface area contributed by atoms with Gasteiger partial charge in [0.1, 0.15) is 0 Å². The molecule has 0 aromatic carbocycles. The number of hydrogen-bond acceptors (Lipinski definition) is 6. The summed E-state index contributed by atoms with van der Waals surface area (Å²) in [6.07, 6.45) is 1.04. The lowest BCUT2D eigenvalue weighted by Gasteiger charge is -2.07. The van der Waals surface area contributed by atoms with Crippen LogP contribution >= 0.6 is 0 Å². The number of hydrogen-bond donors (Lipinski definition) is 2. The third-order valence-electron chi connectivity index (χ3n) is 2.10. The number of rotatable bonds is 5. The third-order valence-corrected chi connectivity index (χ3v) is 2.83. The average Bonchev–Trinajstić information content (AvgIpc) is 2.26. The lowest BCUT2D eigenvalue weighted by molar-refractivity contribution is 0.587. The molecule has 0 unspecified atom stereocenters. The number of aromatic nitrogens is 3. The van der Waals surface area contributed by atoms with Gasteiger partial charge in [-0.15, -0.1) is 5.10 Å². The maximum absolute atomic E-state index is 11.6. The zero-order valence-corrected chi connectivity index (χ0v) is 11.1. The second kappa shape index (κ2) is 5.31. The van der Waals surface area contributed by atoms with Crippen LogP contribution in [0.2, 0.25) is 0 Å². The van der Waals surface area contributed by atoms with Crippen molar-refractivity contribution in [1.29, 1.82) is 0 Å². The molecule has 0 saturated heterocycles. The Morgan fingerprint density at radius 2 is 1.83 bits per heavy atom. The SMILES string of the molecule is Cn1nc(NCCNS(C)(=O)=O)c(=O)n(C)c1=O. The van der Waals surface area contributed by atoms with Gasteiger partial charge in [0, 0.05) is 27.2 Å². The predicted molar refractivity (Wildman–Crippen MR) is 66.1 cm³/mol. The summed E-state index contributed by atoms with van der Waals surface area (Å²) >= 11 is 0. The highest BCUT2D eigenvalue weighted by Crippen LogP contribution is 1.87. The summed E-state index contributed by atoms with van der Waals surface area (Å²) in [5, 5.41) is 6.41. The van der Waals surface area contributed by atoms with Gasteiger partial charge in [0.2, 0.25) is 15.8 Å². The minimum Gasteiger partial charge on any atom is -0.363 e. The largest absolute Gasteiger partial charge is 0.363 e. The van der Waals surface area contributed by atoms with Crippen LogP contribution in [-0.4, -0.2) is 42.1 Å². The molecule has 0 aliphatic carbocycles. The molecule has 1 aromatic rings. The number of nitrogens with one attached hydrogen (secondary N) is 2. The molecule has 0 atom stereocenters. The number of anilines is 1. The van der Waals surface area contributed by atoms with E-state index in [4.69, 9.17) is 0 Å². The molecule has 0 radical (unpaired) electrons. The zero-order chi connectivity index (χ0) is 13.9. The van der Waals surface area contributed by atoms with Gasteiger partial charge in [-0.25, -0.2) is 22.6 Å². The summed E-state index contributed by atoms with van der Waals surface area (Å²) in [5.41, 5.74) is -1.09. The molecule has 0 bridgehead atoms. The molecule has 0 amide bonds. The van der Waals surface area contributed by atoms with Crippen molar-refractivity contribution in [3.05, 3.63) is 20.8 Å². The summed E-state index contributed by atoms with van der Waals surface area (Å²) in [6, 6.07) is 0. The van der Waals surface area contributed by atoms with Gasteiger partial charge >= 0.3 is 5.69 Å². The minimum atomic E-state index is -3.26. The Balaban J connectivity index is 2.76. The first-order valence-electron chi connectivity index (χ1n) is 5.05. The van der Waals surface area contributed by atoms with E-state index in [-0.39, 0.29) is 18.9 Å². The van der Waals surface area contributed by atoms with Gasteiger partial charge < -0.3 is 5.32 Å². The van der Waals surface area contributed by atoms with Crippen molar-refractivity contribution < 1.29 is 8.42 Å². The van der Waals surface area contributed by atoms with E-state index in [1.807, 2.05) is 0 Å². The second-order valence-electron chi connectivity index (χ2n) is 3.71. The maximum Gasteiger partial charge on any atom is 0.346 e. The van der Waals surface area contributed by atoms with E-state index < -0.39 is 21.3 Å². The standard InChI is InChI=1S/C8H15N5O4S/c1-12-7(14)6(11-13(2)8(12)15)9-4-5-10-18(3,16)17/h10H,4-5H2,1-3H3,(H,9,11). The first-order chi connectivity index (χ1) is 8.22. The van der Waals surface area contributed by atoms with Crippen molar-refractivity contribution in [3.63, 3.8) is 0 Å². The topological polar surface area (TPSA) is 115 Å². The van der Waals surface area contributed by atoms with Crippen molar-refractivity contribution in [2.24, 2.45) is 14.1 Å². The summed E-state index contributed by atoms with van der Waals surface area (Å²) in [6.45, 7) is 0.306. The van der Waals surface area contributed by atoms with Crippen molar-refractivity contribution >= 4 is 15.8 Å². The number of nitrogens with zero attached hydrogens (tertiary/aromatic N) is 3. The van der Waals surface area contributed by atoms with Gasteiger partial charge in [0.25, 0.3) is 5.56 Å². The monoisotopic (exact) mass is 277 g/mol. The minimum absolute atomic E-state index is 0.00472. The molecule has 0 fully saturated rings. The third kappa shape index (κ3) is 3.67. The van der Waals surface area contributed by atoms with Crippen LogP contribution in [-0.2, 0) is 24.1 Å². The molecule has 18 heavy (non-hydrogen) atoms. The number of aryl methyl sites for hydroxylation is 1. The Labute approximate surface area is 103 Å². The molecule has 0 spiro atoms. The van der Waals surface area contributed by atoms with Crippen LogP contribution in [0.25, 0.3) is 0 Å². The van der Waals surface area contributed by atoms with Gasteiger partial charge in [-0.1, -0.05) is 0 Å². The molecule has 1 rings (SSSR count). The molecule has 0 aliphatic rings.